The lowest BCUT2D eigenvalue weighted by molar-refractivity contribution is -0.137. The molecule has 0 aliphatic heterocycles. The van der Waals surface area contributed by atoms with Gasteiger partial charge in [0.2, 0.25) is 11.2 Å². The molecule has 0 bridgehead atoms. The Hall–Kier alpha value is -4.92. The lowest BCUT2D eigenvalue weighted by Crippen LogP contribution is -2.08. The van der Waals surface area contributed by atoms with Crippen molar-refractivity contribution in [2.24, 2.45) is 0 Å². The fourth-order valence-corrected chi connectivity index (χ4v) is 3.64. The van der Waals surface area contributed by atoms with Crippen LogP contribution in [0.5, 0.6) is 23.0 Å². The van der Waals surface area contributed by atoms with E-state index in [0.29, 0.717) is 28.6 Å². The van der Waals surface area contributed by atoms with Gasteiger partial charge in [0.1, 0.15) is 22.8 Å². The lowest BCUT2D eigenvalue weighted by atomic mass is 10.1. The molecule has 0 fully saturated rings. The Kier molecular flexibility index (Phi) is 5.96. The maximum atomic E-state index is 13.5. The predicted molar refractivity (Wildman–Crippen MR) is 135 cm³/mol. The highest BCUT2D eigenvalue weighted by molar-refractivity contribution is 5.83. The molecule has 0 saturated heterocycles. The van der Waals surface area contributed by atoms with E-state index in [4.69, 9.17) is 25.4 Å². The van der Waals surface area contributed by atoms with Crippen LogP contribution in [0.4, 0.5) is 24.5 Å². The summed E-state index contributed by atoms with van der Waals surface area (Å²) in [6.45, 7) is 0. The average Bonchev–Trinajstić information content (AvgIpc) is 2.88. The first-order valence-corrected chi connectivity index (χ1v) is 11.0. The van der Waals surface area contributed by atoms with Crippen LogP contribution in [0, 0.1) is 0 Å². The minimum atomic E-state index is -4.51. The van der Waals surface area contributed by atoms with Crippen molar-refractivity contribution in [3.63, 3.8) is 0 Å². The molecular formula is C28H19F3N2O4. The number of halogens is 3. The molecule has 0 aliphatic rings. The van der Waals surface area contributed by atoms with Gasteiger partial charge in [-0.3, -0.25) is 4.79 Å². The summed E-state index contributed by atoms with van der Waals surface area (Å²) in [7, 11) is 0. The second kappa shape index (κ2) is 9.27. The number of hydrogen-bond donors (Lipinski definition) is 2. The minimum Gasteiger partial charge on any atom is -0.457 e. The van der Waals surface area contributed by atoms with Gasteiger partial charge in [-0.2, -0.15) is 13.2 Å². The maximum absolute atomic E-state index is 13.5. The first-order chi connectivity index (χ1) is 17.7. The van der Waals surface area contributed by atoms with Gasteiger partial charge in [-0.15, -0.1) is 0 Å². The van der Waals surface area contributed by atoms with Crippen molar-refractivity contribution in [2.75, 3.05) is 11.5 Å². The second-order valence-corrected chi connectivity index (χ2v) is 8.16. The monoisotopic (exact) mass is 504 g/mol. The number of benzene rings is 4. The van der Waals surface area contributed by atoms with Crippen LogP contribution in [0.3, 0.4) is 0 Å². The first-order valence-electron chi connectivity index (χ1n) is 11.0. The van der Waals surface area contributed by atoms with Crippen molar-refractivity contribution in [1.82, 2.24) is 0 Å². The summed E-state index contributed by atoms with van der Waals surface area (Å²) in [5.74, 6) is 0.988. The van der Waals surface area contributed by atoms with Gasteiger partial charge in [-0.25, -0.2) is 0 Å². The molecule has 4 aromatic carbocycles. The second-order valence-electron chi connectivity index (χ2n) is 8.16. The third kappa shape index (κ3) is 5.06. The third-order valence-electron chi connectivity index (χ3n) is 5.51. The van der Waals surface area contributed by atoms with Crippen LogP contribution >= 0.6 is 0 Å². The van der Waals surface area contributed by atoms with Crippen molar-refractivity contribution in [3.8, 4) is 34.3 Å². The summed E-state index contributed by atoms with van der Waals surface area (Å²) in [6.07, 6.45) is -4.51. The topological polar surface area (TPSA) is 101 Å². The Labute approximate surface area is 208 Å². The molecule has 0 radical (unpaired) electrons. The summed E-state index contributed by atoms with van der Waals surface area (Å²) in [5, 5.41) is 0.200. The van der Waals surface area contributed by atoms with E-state index >= 15 is 0 Å². The zero-order valence-corrected chi connectivity index (χ0v) is 19.1. The van der Waals surface area contributed by atoms with Crippen LogP contribution in [0.2, 0.25) is 0 Å². The summed E-state index contributed by atoms with van der Waals surface area (Å²) in [5.41, 5.74) is 11.6. The van der Waals surface area contributed by atoms with Crippen molar-refractivity contribution in [2.45, 2.75) is 6.18 Å². The molecule has 0 spiro atoms. The Morgan fingerprint density at radius 1 is 0.676 bits per heavy atom. The van der Waals surface area contributed by atoms with Crippen LogP contribution in [0.1, 0.15) is 5.56 Å². The van der Waals surface area contributed by atoms with Crippen LogP contribution < -0.4 is 26.4 Å². The van der Waals surface area contributed by atoms with Crippen molar-refractivity contribution < 1.29 is 27.1 Å². The van der Waals surface area contributed by atoms with Crippen LogP contribution in [0.25, 0.3) is 22.3 Å². The van der Waals surface area contributed by atoms with Crippen molar-refractivity contribution in [1.29, 1.82) is 0 Å². The predicted octanol–water partition coefficient (Wildman–Crippen LogP) is 7.23. The van der Waals surface area contributed by atoms with E-state index in [0.717, 1.165) is 12.1 Å². The zero-order valence-electron chi connectivity index (χ0n) is 19.1. The number of alkyl halides is 3. The molecule has 1 aromatic heterocycles. The fraction of sp³-hybridized carbons (Fsp3) is 0.0357. The normalized spacial score (nSPS) is 11.4. The van der Waals surface area contributed by atoms with Gasteiger partial charge in [-0.05, 0) is 72.8 Å². The first kappa shape index (κ1) is 23.8. The van der Waals surface area contributed by atoms with Gasteiger partial charge in [0.15, 0.2) is 5.76 Å². The molecule has 0 aliphatic carbocycles. The standard InChI is InChI=1S/C28H19F3N2O4/c29-28(30,31)17-3-1-16(2-4-17)26-27(36-21-11-7-19(33)8-12-21)25(34)23-14-13-22(15-24(23)37-26)35-20-9-5-18(32)6-10-20/h1-15H,32-33H2. The summed E-state index contributed by atoms with van der Waals surface area (Å²) >= 11 is 0. The van der Waals surface area contributed by atoms with Gasteiger partial charge in [0.05, 0.1) is 10.9 Å². The molecule has 1 heterocycles. The number of anilines is 2. The SMILES string of the molecule is Nc1ccc(Oc2ccc3c(=O)c(Oc4ccc(N)cc4)c(-c4ccc(C(F)(F)F)cc4)oc3c2)cc1. The quantitative estimate of drug-likeness (QED) is 0.245. The van der Waals surface area contributed by atoms with E-state index in [1.165, 1.54) is 24.3 Å². The van der Waals surface area contributed by atoms with E-state index in [2.05, 4.69) is 0 Å². The van der Waals surface area contributed by atoms with Crippen LogP contribution in [-0.2, 0) is 6.18 Å². The van der Waals surface area contributed by atoms with Gasteiger partial charge in [0.25, 0.3) is 0 Å². The smallest absolute Gasteiger partial charge is 0.416 e. The maximum Gasteiger partial charge on any atom is 0.416 e. The summed E-state index contributed by atoms with van der Waals surface area (Å²) in [6, 6.07) is 22.0. The van der Waals surface area contributed by atoms with Gasteiger partial charge < -0.3 is 25.4 Å². The van der Waals surface area contributed by atoms with Gasteiger partial charge >= 0.3 is 6.18 Å². The number of rotatable bonds is 5. The number of hydrogen-bond acceptors (Lipinski definition) is 6. The highest BCUT2D eigenvalue weighted by Crippen LogP contribution is 2.37. The molecule has 6 nitrogen and oxygen atoms in total. The molecule has 186 valence electrons. The van der Waals surface area contributed by atoms with Crippen LogP contribution in [0.15, 0.2) is 100 Å². The lowest BCUT2D eigenvalue weighted by Gasteiger charge is -2.13. The highest BCUT2D eigenvalue weighted by atomic mass is 19.4. The molecule has 0 atom stereocenters. The van der Waals surface area contributed by atoms with E-state index in [9.17, 15) is 18.0 Å². The van der Waals surface area contributed by atoms with Crippen LogP contribution in [-0.4, -0.2) is 0 Å². The minimum absolute atomic E-state index is 0.0346. The molecule has 5 aromatic rings. The molecule has 5 rings (SSSR count). The molecule has 37 heavy (non-hydrogen) atoms. The molecular weight excluding hydrogens is 485 g/mol. The van der Waals surface area contributed by atoms with E-state index in [1.807, 2.05) is 0 Å². The largest absolute Gasteiger partial charge is 0.457 e. The summed E-state index contributed by atoms with van der Waals surface area (Å²) in [4.78, 5) is 13.5. The van der Waals surface area contributed by atoms with E-state index < -0.39 is 17.2 Å². The molecule has 9 heteroatoms. The van der Waals surface area contributed by atoms with E-state index in [1.54, 1.807) is 54.6 Å². The fourth-order valence-electron chi connectivity index (χ4n) is 3.64. The molecule has 4 N–H and O–H groups in total. The Morgan fingerprint density at radius 3 is 1.78 bits per heavy atom. The summed E-state index contributed by atoms with van der Waals surface area (Å²) < 4.78 is 57.1. The Balaban J connectivity index is 1.63. The number of ether oxygens (including phenoxy) is 2. The zero-order chi connectivity index (χ0) is 26.2. The van der Waals surface area contributed by atoms with E-state index in [-0.39, 0.29) is 28.0 Å². The Bertz CT molecular complexity index is 1630. The molecule has 0 saturated carbocycles. The van der Waals surface area contributed by atoms with Gasteiger partial charge in [-0.1, -0.05) is 12.1 Å². The highest BCUT2D eigenvalue weighted by Gasteiger charge is 2.30. The Morgan fingerprint density at radius 2 is 1.22 bits per heavy atom. The van der Waals surface area contributed by atoms with Crippen molar-refractivity contribution in [3.05, 3.63) is 107 Å². The average molecular weight is 504 g/mol. The number of fused-ring (bicyclic) bond motifs is 1. The van der Waals surface area contributed by atoms with Crippen molar-refractivity contribution >= 4 is 22.3 Å². The number of nitrogen functional groups attached to an aromatic ring is 2. The van der Waals surface area contributed by atoms with Gasteiger partial charge in [0, 0.05) is 23.0 Å². The molecule has 0 unspecified atom stereocenters. The molecule has 0 amide bonds. The third-order valence-corrected chi connectivity index (χ3v) is 5.51. The number of nitrogens with two attached hydrogens (primary N) is 2.